The number of carbonyl (C=O) groups is 1. The third-order valence-electron chi connectivity index (χ3n) is 4.09. The van der Waals surface area contributed by atoms with E-state index in [4.69, 9.17) is 4.74 Å². The number of guanidine groups is 1. The van der Waals surface area contributed by atoms with Crippen LogP contribution in [0.4, 0.5) is 0 Å². The number of ether oxygens (including phenoxy) is 1. The highest BCUT2D eigenvalue weighted by Crippen LogP contribution is 2.07. The van der Waals surface area contributed by atoms with E-state index in [0.717, 1.165) is 18.7 Å². The summed E-state index contributed by atoms with van der Waals surface area (Å²) in [7, 11) is 1.93. The average Bonchev–Trinajstić information content (AvgIpc) is 2.72. The van der Waals surface area contributed by atoms with Crippen molar-refractivity contribution in [3.8, 4) is 5.75 Å². The second kappa shape index (κ2) is 12.4. The van der Waals surface area contributed by atoms with E-state index >= 15 is 0 Å². The highest BCUT2D eigenvalue weighted by molar-refractivity contribution is 5.84. The third-order valence-corrected chi connectivity index (χ3v) is 4.09. The summed E-state index contributed by atoms with van der Waals surface area (Å²) in [5.74, 6) is 1.45. The molecule has 2 aromatic rings. The van der Waals surface area contributed by atoms with Gasteiger partial charge in [0.15, 0.2) is 5.96 Å². The molecule has 0 heterocycles. The normalized spacial score (nSPS) is 11.0. The van der Waals surface area contributed by atoms with Crippen molar-refractivity contribution >= 4 is 11.9 Å². The van der Waals surface area contributed by atoms with E-state index in [0.29, 0.717) is 25.7 Å². The van der Waals surface area contributed by atoms with Crippen molar-refractivity contribution < 1.29 is 9.53 Å². The Morgan fingerprint density at radius 1 is 1.04 bits per heavy atom. The second-order valence-electron chi connectivity index (χ2n) is 6.34. The molecule has 2 N–H and O–H groups in total. The van der Waals surface area contributed by atoms with Crippen LogP contribution < -0.4 is 15.4 Å². The van der Waals surface area contributed by atoms with Gasteiger partial charge in [0.2, 0.25) is 5.91 Å². The molecule has 1 amide bonds. The quantitative estimate of drug-likeness (QED) is 0.489. The fourth-order valence-corrected chi connectivity index (χ4v) is 2.59. The lowest BCUT2D eigenvalue weighted by Gasteiger charge is -2.22. The third kappa shape index (κ3) is 8.12. The van der Waals surface area contributed by atoms with Crippen molar-refractivity contribution in [3.63, 3.8) is 0 Å². The van der Waals surface area contributed by atoms with Gasteiger partial charge in [-0.15, -0.1) is 0 Å². The van der Waals surface area contributed by atoms with E-state index in [2.05, 4.69) is 27.8 Å². The van der Waals surface area contributed by atoms with Crippen LogP contribution >= 0.6 is 0 Å². The highest BCUT2D eigenvalue weighted by Gasteiger charge is 2.07. The van der Waals surface area contributed by atoms with Crippen molar-refractivity contribution in [1.29, 1.82) is 0 Å². The summed E-state index contributed by atoms with van der Waals surface area (Å²) >= 11 is 0. The number of aliphatic imine (C=N–C) groups is 1. The summed E-state index contributed by atoms with van der Waals surface area (Å²) in [5.41, 5.74) is 1.21. The van der Waals surface area contributed by atoms with E-state index in [1.54, 1.807) is 0 Å². The van der Waals surface area contributed by atoms with Crippen LogP contribution in [0.25, 0.3) is 0 Å². The van der Waals surface area contributed by atoms with Crippen LogP contribution in [0.5, 0.6) is 5.75 Å². The summed E-state index contributed by atoms with van der Waals surface area (Å²) in [6.45, 7) is 4.64. The molecule has 0 radical (unpaired) electrons. The number of hydrogen-bond acceptors (Lipinski definition) is 3. The first-order chi connectivity index (χ1) is 13.7. The van der Waals surface area contributed by atoms with Crippen LogP contribution in [-0.2, 0) is 11.2 Å². The van der Waals surface area contributed by atoms with Gasteiger partial charge in [-0.05, 0) is 31.0 Å². The maximum atomic E-state index is 12.1. The molecule has 0 unspecified atom stereocenters. The van der Waals surface area contributed by atoms with Gasteiger partial charge in [0.1, 0.15) is 18.9 Å². The highest BCUT2D eigenvalue weighted by atomic mass is 16.5. The molecular weight excluding hydrogens is 352 g/mol. The first-order valence-corrected chi connectivity index (χ1v) is 9.67. The molecule has 6 nitrogen and oxygen atoms in total. The topological polar surface area (TPSA) is 66.0 Å². The standard InChI is InChI=1S/C22H30N4O2/c1-3-23-22(26(2)16-17-28-20-12-8-5-9-13-20)25-18-21(27)24-15-14-19-10-6-4-7-11-19/h4-13H,3,14-18H2,1-2H3,(H,23,25)(H,24,27). The summed E-state index contributed by atoms with van der Waals surface area (Å²) in [6.07, 6.45) is 0.813. The van der Waals surface area contributed by atoms with Crippen LogP contribution in [0.15, 0.2) is 65.7 Å². The van der Waals surface area contributed by atoms with Crippen LogP contribution in [-0.4, -0.2) is 56.6 Å². The number of para-hydroxylation sites is 1. The van der Waals surface area contributed by atoms with Gasteiger partial charge in [0.05, 0.1) is 6.54 Å². The number of benzene rings is 2. The van der Waals surface area contributed by atoms with Gasteiger partial charge in [-0.1, -0.05) is 48.5 Å². The number of nitrogens with zero attached hydrogens (tertiary/aromatic N) is 2. The van der Waals surface area contributed by atoms with Crippen molar-refractivity contribution in [3.05, 3.63) is 66.2 Å². The van der Waals surface area contributed by atoms with Crippen molar-refractivity contribution in [2.45, 2.75) is 13.3 Å². The average molecular weight is 383 g/mol. The van der Waals surface area contributed by atoms with Gasteiger partial charge in [0, 0.05) is 20.1 Å². The first-order valence-electron chi connectivity index (χ1n) is 9.67. The minimum absolute atomic E-state index is 0.0831. The van der Waals surface area contributed by atoms with E-state index in [1.807, 2.05) is 67.4 Å². The lowest BCUT2D eigenvalue weighted by atomic mass is 10.1. The Labute approximate surface area is 167 Å². The van der Waals surface area contributed by atoms with Gasteiger partial charge in [-0.2, -0.15) is 0 Å². The van der Waals surface area contributed by atoms with Crippen LogP contribution in [0, 0.1) is 0 Å². The molecule has 150 valence electrons. The lowest BCUT2D eigenvalue weighted by Crippen LogP contribution is -2.41. The van der Waals surface area contributed by atoms with E-state index in [9.17, 15) is 4.79 Å². The lowest BCUT2D eigenvalue weighted by molar-refractivity contribution is -0.119. The summed E-state index contributed by atoms with van der Waals surface area (Å²) in [6, 6.07) is 19.8. The molecule has 2 rings (SSSR count). The molecule has 0 aliphatic carbocycles. The Balaban J connectivity index is 1.73. The predicted octanol–water partition coefficient (Wildman–Crippen LogP) is 2.32. The van der Waals surface area contributed by atoms with Gasteiger partial charge < -0.3 is 20.3 Å². The Morgan fingerprint density at radius 3 is 2.39 bits per heavy atom. The van der Waals surface area contributed by atoms with Gasteiger partial charge >= 0.3 is 0 Å². The van der Waals surface area contributed by atoms with Gasteiger partial charge in [-0.3, -0.25) is 4.79 Å². The maximum Gasteiger partial charge on any atom is 0.241 e. The predicted molar refractivity (Wildman–Crippen MR) is 114 cm³/mol. The zero-order valence-corrected chi connectivity index (χ0v) is 16.7. The largest absolute Gasteiger partial charge is 0.492 e. The van der Waals surface area contributed by atoms with Crippen molar-refractivity contribution in [2.24, 2.45) is 4.99 Å². The number of carbonyl (C=O) groups excluding carboxylic acids is 1. The first kappa shape index (κ1) is 21.3. The van der Waals surface area contributed by atoms with E-state index < -0.39 is 0 Å². The minimum atomic E-state index is -0.0831. The van der Waals surface area contributed by atoms with Gasteiger partial charge in [0.25, 0.3) is 0 Å². The Bertz CT molecular complexity index is 720. The minimum Gasteiger partial charge on any atom is -0.492 e. The fraction of sp³-hybridized carbons (Fsp3) is 0.364. The smallest absolute Gasteiger partial charge is 0.241 e. The molecule has 0 fully saturated rings. The monoisotopic (exact) mass is 382 g/mol. The Kier molecular flexibility index (Phi) is 9.41. The van der Waals surface area contributed by atoms with Crippen molar-refractivity contribution in [1.82, 2.24) is 15.5 Å². The molecule has 0 spiro atoms. The van der Waals surface area contributed by atoms with Crippen molar-refractivity contribution in [2.75, 3.05) is 39.8 Å². The molecule has 0 bridgehead atoms. The zero-order chi connectivity index (χ0) is 20.0. The van der Waals surface area contributed by atoms with Gasteiger partial charge in [-0.25, -0.2) is 4.99 Å². The van der Waals surface area contributed by atoms with Crippen LogP contribution in [0.1, 0.15) is 12.5 Å². The zero-order valence-electron chi connectivity index (χ0n) is 16.7. The van der Waals surface area contributed by atoms with Crippen LogP contribution in [0.2, 0.25) is 0 Å². The summed E-state index contributed by atoms with van der Waals surface area (Å²) in [4.78, 5) is 18.5. The molecule has 28 heavy (non-hydrogen) atoms. The molecule has 0 saturated carbocycles. The molecule has 2 aromatic carbocycles. The maximum absolute atomic E-state index is 12.1. The molecule has 0 saturated heterocycles. The molecule has 6 heteroatoms. The number of nitrogens with one attached hydrogen (secondary N) is 2. The summed E-state index contributed by atoms with van der Waals surface area (Å²) < 4.78 is 5.72. The number of likely N-dealkylation sites (N-methyl/N-ethyl adjacent to an activating group) is 1. The summed E-state index contributed by atoms with van der Waals surface area (Å²) in [5, 5.41) is 6.12. The van der Waals surface area contributed by atoms with E-state index in [1.165, 1.54) is 5.56 Å². The Hall–Kier alpha value is -3.02. The second-order valence-corrected chi connectivity index (χ2v) is 6.34. The SMILES string of the molecule is CCNC(=NCC(=O)NCCc1ccccc1)N(C)CCOc1ccccc1. The number of rotatable bonds is 10. The fourth-order valence-electron chi connectivity index (χ4n) is 2.59. The van der Waals surface area contributed by atoms with Crippen LogP contribution in [0.3, 0.4) is 0 Å². The number of hydrogen-bond donors (Lipinski definition) is 2. The molecule has 0 atom stereocenters. The molecule has 0 aliphatic rings. The molecule has 0 aliphatic heterocycles. The Morgan fingerprint density at radius 2 is 1.71 bits per heavy atom. The number of amides is 1. The van der Waals surface area contributed by atoms with E-state index in [-0.39, 0.29) is 12.5 Å². The molecule has 0 aromatic heterocycles. The molecular formula is C22H30N4O2.